The van der Waals surface area contributed by atoms with Gasteiger partial charge in [-0.2, -0.15) is 0 Å². The van der Waals surface area contributed by atoms with Gasteiger partial charge in [0.25, 0.3) is 0 Å². The number of nitrogens with zero attached hydrogens (tertiary/aromatic N) is 1. The highest BCUT2D eigenvalue weighted by Crippen LogP contribution is 2.29. The maximum absolute atomic E-state index is 12.3. The summed E-state index contributed by atoms with van der Waals surface area (Å²) in [6.45, 7) is 6.53. The van der Waals surface area contributed by atoms with Gasteiger partial charge in [0.1, 0.15) is 0 Å². The maximum atomic E-state index is 12.3. The number of aliphatic hydroxyl groups excluding tert-OH is 1. The third kappa shape index (κ3) is 4.08. The van der Waals surface area contributed by atoms with Crippen molar-refractivity contribution in [1.82, 2.24) is 10.2 Å². The van der Waals surface area contributed by atoms with Gasteiger partial charge in [0.15, 0.2) is 0 Å². The van der Waals surface area contributed by atoms with E-state index in [9.17, 15) is 14.7 Å². The molecule has 6 heteroatoms. The van der Waals surface area contributed by atoms with Crippen molar-refractivity contribution >= 4 is 11.8 Å². The Balaban J connectivity index is 1.78. The predicted octanol–water partition coefficient (Wildman–Crippen LogP) is 0.316. The van der Waals surface area contributed by atoms with Crippen LogP contribution in [0.2, 0.25) is 0 Å². The van der Waals surface area contributed by atoms with Crippen LogP contribution in [-0.2, 0) is 14.3 Å². The fraction of sp³-hybridized carbons (Fsp3) is 0.750. The number of carbonyl (C=O) groups is 2. The van der Waals surface area contributed by atoms with E-state index in [1.54, 1.807) is 4.90 Å². The third-order valence-electron chi connectivity index (χ3n) is 4.88. The van der Waals surface area contributed by atoms with Crippen LogP contribution in [0.15, 0.2) is 12.7 Å². The summed E-state index contributed by atoms with van der Waals surface area (Å²) in [7, 11) is 0. The number of ether oxygens (including phenoxy) is 1. The molecule has 124 valence electrons. The van der Waals surface area contributed by atoms with Crippen LogP contribution in [0, 0.1) is 11.3 Å². The Morgan fingerprint density at radius 2 is 1.95 bits per heavy atom. The average Bonchev–Trinajstić information content (AvgIpc) is 2.60. The summed E-state index contributed by atoms with van der Waals surface area (Å²) in [5.41, 5.74) is -0.243. The highest BCUT2D eigenvalue weighted by molar-refractivity contribution is 5.87. The average molecular weight is 310 g/mol. The minimum Gasteiger partial charge on any atom is -0.396 e. The molecule has 2 aliphatic heterocycles. The first-order chi connectivity index (χ1) is 10.6. The zero-order valence-corrected chi connectivity index (χ0v) is 13.1. The Hall–Kier alpha value is -1.40. The van der Waals surface area contributed by atoms with Crippen LogP contribution in [0.1, 0.15) is 25.7 Å². The first kappa shape index (κ1) is 17.0. The van der Waals surface area contributed by atoms with E-state index < -0.39 is 0 Å². The fourth-order valence-electron chi connectivity index (χ4n) is 3.11. The molecule has 0 saturated carbocycles. The fourth-order valence-corrected chi connectivity index (χ4v) is 3.11. The van der Waals surface area contributed by atoms with Crippen LogP contribution in [0.4, 0.5) is 0 Å². The van der Waals surface area contributed by atoms with E-state index in [1.807, 2.05) is 0 Å². The van der Waals surface area contributed by atoms with Crippen molar-refractivity contribution in [2.45, 2.75) is 25.7 Å². The van der Waals surface area contributed by atoms with Gasteiger partial charge in [-0.3, -0.25) is 9.59 Å². The second-order valence-corrected chi connectivity index (χ2v) is 6.29. The lowest BCUT2D eigenvalue weighted by molar-refractivity contribution is -0.132. The zero-order chi connectivity index (χ0) is 16.0. The van der Waals surface area contributed by atoms with Crippen molar-refractivity contribution in [2.24, 2.45) is 11.3 Å². The van der Waals surface area contributed by atoms with E-state index in [0.717, 1.165) is 12.8 Å². The molecule has 0 aromatic rings. The van der Waals surface area contributed by atoms with Gasteiger partial charge >= 0.3 is 0 Å². The van der Waals surface area contributed by atoms with Gasteiger partial charge in [-0.1, -0.05) is 6.58 Å². The van der Waals surface area contributed by atoms with E-state index in [4.69, 9.17) is 4.74 Å². The number of hydrogen-bond acceptors (Lipinski definition) is 4. The molecule has 2 fully saturated rings. The minimum absolute atomic E-state index is 0.0324. The van der Waals surface area contributed by atoms with Crippen LogP contribution < -0.4 is 5.32 Å². The quantitative estimate of drug-likeness (QED) is 0.717. The van der Waals surface area contributed by atoms with Crippen LogP contribution in [0.3, 0.4) is 0 Å². The topological polar surface area (TPSA) is 78.9 Å². The number of aliphatic hydroxyl groups is 1. The van der Waals surface area contributed by atoms with E-state index >= 15 is 0 Å². The van der Waals surface area contributed by atoms with Crippen LogP contribution in [0.5, 0.6) is 0 Å². The Morgan fingerprint density at radius 3 is 2.50 bits per heavy atom. The molecule has 0 aliphatic carbocycles. The molecule has 0 bridgehead atoms. The monoisotopic (exact) mass is 310 g/mol. The third-order valence-corrected chi connectivity index (χ3v) is 4.88. The first-order valence-electron chi connectivity index (χ1n) is 7.98. The molecule has 2 saturated heterocycles. The van der Waals surface area contributed by atoms with Crippen LogP contribution in [0.25, 0.3) is 0 Å². The lowest BCUT2D eigenvalue weighted by Gasteiger charge is -2.36. The number of amides is 2. The summed E-state index contributed by atoms with van der Waals surface area (Å²) < 4.78 is 5.33. The van der Waals surface area contributed by atoms with Crippen molar-refractivity contribution in [3.63, 3.8) is 0 Å². The van der Waals surface area contributed by atoms with Gasteiger partial charge in [-0.15, -0.1) is 0 Å². The Bertz CT molecular complexity index is 410. The van der Waals surface area contributed by atoms with Gasteiger partial charge < -0.3 is 20.1 Å². The van der Waals surface area contributed by atoms with Crippen LogP contribution >= 0.6 is 0 Å². The van der Waals surface area contributed by atoms with Gasteiger partial charge in [-0.25, -0.2) is 0 Å². The molecular formula is C16H26N2O4. The number of rotatable bonds is 5. The smallest absolute Gasteiger partial charge is 0.245 e. The van der Waals surface area contributed by atoms with E-state index in [0.29, 0.717) is 45.7 Å². The molecule has 0 aromatic heterocycles. The highest BCUT2D eigenvalue weighted by Gasteiger charge is 2.34. The summed E-state index contributed by atoms with van der Waals surface area (Å²) in [6, 6.07) is 0. The summed E-state index contributed by atoms with van der Waals surface area (Å²) in [6.07, 6.45) is 4.23. The Labute approximate surface area is 131 Å². The number of hydrogen-bond donors (Lipinski definition) is 2. The standard InChI is InChI=1S/C16H26N2O4/c1-2-14(20)18-7-3-13(4-8-18)15(21)17-11-16(12-19)5-9-22-10-6-16/h2,13,19H,1,3-12H2,(H,17,21). The molecule has 0 unspecified atom stereocenters. The van der Waals surface area contributed by atoms with Crippen LogP contribution in [-0.4, -0.2) is 61.3 Å². The van der Waals surface area contributed by atoms with Gasteiger partial charge in [0, 0.05) is 44.2 Å². The zero-order valence-electron chi connectivity index (χ0n) is 13.1. The van der Waals surface area contributed by atoms with E-state index in [2.05, 4.69) is 11.9 Å². The van der Waals surface area contributed by atoms with E-state index in [1.165, 1.54) is 6.08 Å². The normalized spacial score (nSPS) is 22.1. The maximum Gasteiger partial charge on any atom is 0.245 e. The summed E-state index contributed by atoms with van der Waals surface area (Å²) in [5.74, 6) is -0.0882. The highest BCUT2D eigenvalue weighted by atomic mass is 16.5. The molecule has 2 aliphatic rings. The van der Waals surface area contributed by atoms with Crippen molar-refractivity contribution in [3.8, 4) is 0 Å². The Morgan fingerprint density at radius 1 is 1.32 bits per heavy atom. The van der Waals surface area contributed by atoms with Crippen molar-refractivity contribution < 1.29 is 19.4 Å². The SMILES string of the molecule is C=CC(=O)N1CCC(C(=O)NCC2(CO)CCOCC2)CC1. The molecular weight excluding hydrogens is 284 g/mol. The number of nitrogens with one attached hydrogen (secondary N) is 1. The van der Waals surface area contributed by atoms with E-state index in [-0.39, 0.29) is 29.8 Å². The largest absolute Gasteiger partial charge is 0.396 e. The number of likely N-dealkylation sites (tertiary alicyclic amines) is 1. The molecule has 0 radical (unpaired) electrons. The first-order valence-corrected chi connectivity index (χ1v) is 7.98. The van der Waals surface area contributed by atoms with Gasteiger partial charge in [0.2, 0.25) is 11.8 Å². The molecule has 0 atom stereocenters. The second-order valence-electron chi connectivity index (χ2n) is 6.29. The molecule has 6 nitrogen and oxygen atoms in total. The predicted molar refractivity (Wildman–Crippen MR) is 82.1 cm³/mol. The lowest BCUT2D eigenvalue weighted by Crippen LogP contribution is -2.47. The summed E-state index contributed by atoms with van der Waals surface area (Å²) >= 11 is 0. The molecule has 2 rings (SSSR count). The van der Waals surface area contributed by atoms with Crippen molar-refractivity contribution in [2.75, 3.05) is 39.5 Å². The Kier molecular flexibility index (Phi) is 5.97. The molecule has 0 spiro atoms. The minimum atomic E-state index is -0.243. The lowest BCUT2D eigenvalue weighted by atomic mass is 9.81. The molecule has 2 N–H and O–H groups in total. The molecule has 0 aromatic carbocycles. The number of piperidine rings is 1. The molecule has 22 heavy (non-hydrogen) atoms. The van der Waals surface area contributed by atoms with Gasteiger partial charge in [-0.05, 0) is 31.8 Å². The van der Waals surface area contributed by atoms with Gasteiger partial charge in [0.05, 0.1) is 6.61 Å². The van der Waals surface area contributed by atoms with Crippen molar-refractivity contribution in [3.05, 3.63) is 12.7 Å². The molecule has 2 heterocycles. The van der Waals surface area contributed by atoms with Crippen molar-refractivity contribution in [1.29, 1.82) is 0 Å². The second kappa shape index (κ2) is 7.74. The number of carbonyl (C=O) groups excluding carboxylic acids is 2. The summed E-state index contributed by atoms with van der Waals surface area (Å²) in [4.78, 5) is 25.5. The molecule has 2 amide bonds. The summed E-state index contributed by atoms with van der Waals surface area (Å²) in [5, 5.41) is 12.6.